The molecule has 2 rings (SSSR count). The standard InChI is InChI=1S/C8H16N2/c1-2-4-8(5-3-1)10-6-9-7-10/h8-9H,1-7H2. The van der Waals surface area contributed by atoms with E-state index in [1.165, 1.54) is 32.1 Å². The van der Waals surface area contributed by atoms with Gasteiger partial charge in [0, 0.05) is 6.04 Å². The highest BCUT2D eigenvalue weighted by atomic mass is 15.4. The van der Waals surface area contributed by atoms with Gasteiger partial charge in [0.2, 0.25) is 0 Å². The summed E-state index contributed by atoms with van der Waals surface area (Å²) < 4.78 is 0. The highest BCUT2D eigenvalue weighted by Crippen LogP contribution is 2.22. The first-order valence-electron chi connectivity index (χ1n) is 4.41. The Kier molecular flexibility index (Phi) is 1.91. The predicted octanol–water partition coefficient (Wildman–Crippen LogP) is 1.14. The minimum absolute atomic E-state index is 0.926. The first-order valence-corrected chi connectivity index (χ1v) is 4.41. The van der Waals surface area contributed by atoms with Crippen LogP contribution >= 0.6 is 0 Å². The molecule has 1 aliphatic heterocycles. The molecule has 0 aromatic heterocycles. The lowest BCUT2D eigenvalue weighted by molar-refractivity contribution is 0.0611. The van der Waals surface area contributed by atoms with Gasteiger partial charge in [0.25, 0.3) is 0 Å². The molecular weight excluding hydrogens is 124 g/mol. The number of hydrogen-bond donors (Lipinski definition) is 1. The molecule has 1 saturated carbocycles. The Morgan fingerprint density at radius 2 is 1.70 bits per heavy atom. The van der Waals surface area contributed by atoms with Crippen LogP contribution in [0.2, 0.25) is 0 Å². The molecule has 2 heteroatoms. The van der Waals surface area contributed by atoms with E-state index in [1.807, 2.05) is 0 Å². The molecule has 1 heterocycles. The van der Waals surface area contributed by atoms with Gasteiger partial charge >= 0.3 is 0 Å². The Balaban J connectivity index is 1.78. The second-order valence-electron chi connectivity index (χ2n) is 3.45. The normalized spacial score (nSPS) is 30.0. The summed E-state index contributed by atoms with van der Waals surface area (Å²) in [7, 11) is 0. The Morgan fingerprint density at radius 3 is 2.20 bits per heavy atom. The fraction of sp³-hybridized carbons (Fsp3) is 1.00. The summed E-state index contributed by atoms with van der Waals surface area (Å²) in [5.74, 6) is 0. The summed E-state index contributed by atoms with van der Waals surface area (Å²) in [5.41, 5.74) is 0. The van der Waals surface area contributed by atoms with Crippen molar-refractivity contribution in [3.05, 3.63) is 0 Å². The molecule has 1 aliphatic carbocycles. The average molecular weight is 140 g/mol. The van der Waals surface area contributed by atoms with Crippen molar-refractivity contribution in [1.82, 2.24) is 10.2 Å². The molecule has 2 fully saturated rings. The summed E-state index contributed by atoms with van der Waals surface area (Å²) in [4.78, 5) is 2.55. The van der Waals surface area contributed by atoms with Crippen molar-refractivity contribution in [2.24, 2.45) is 0 Å². The molecule has 1 saturated heterocycles. The molecule has 2 aliphatic rings. The quantitative estimate of drug-likeness (QED) is 0.587. The van der Waals surface area contributed by atoms with Gasteiger partial charge in [-0.15, -0.1) is 0 Å². The molecule has 0 aromatic rings. The van der Waals surface area contributed by atoms with Crippen molar-refractivity contribution in [3.63, 3.8) is 0 Å². The van der Waals surface area contributed by atoms with E-state index in [9.17, 15) is 0 Å². The van der Waals surface area contributed by atoms with Crippen LogP contribution in [0.15, 0.2) is 0 Å². The first kappa shape index (κ1) is 6.62. The van der Waals surface area contributed by atoms with E-state index in [0.29, 0.717) is 0 Å². The predicted molar refractivity (Wildman–Crippen MR) is 41.6 cm³/mol. The maximum absolute atomic E-state index is 3.28. The fourth-order valence-electron chi connectivity index (χ4n) is 1.95. The van der Waals surface area contributed by atoms with Crippen molar-refractivity contribution in [2.45, 2.75) is 38.1 Å². The molecule has 0 atom stereocenters. The molecule has 2 nitrogen and oxygen atoms in total. The zero-order valence-electron chi connectivity index (χ0n) is 6.47. The number of hydrogen-bond acceptors (Lipinski definition) is 2. The van der Waals surface area contributed by atoms with Crippen LogP contribution in [-0.2, 0) is 0 Å². The molecule has 0 spiro atoms. The summed E-state index contributed by atoms with van der Waals surface area (Å²) in [6, 6.07) is 0.926. The van der Waals surface area contributed by atoms with E-state index < -0.39 is 0 Å². The molecule has 0 amide bonds. The van der Waals surface area contributed by atoms with Gasteiger partial charge in [0.1, 0.15) is 0 Å². The summed E-state index contributed by atoms with van der Waals surface area (Å²) in [6.45, 7) is 2.29. The van der Waals surface area contributed by atoms with Crippen molar-refractivity contribution in [3.8, 4) is 0 Å². The first-order chi connectivity index (χ1) is 4.97. The molecule has 0 bridgehead atoms. The third-order valence-corrected chi connectivity index (χ3v) is 2.72. The van der Waals surface area contributed by atoms with Gasteiger partial charge < -0.3 is 0 Å². The molecule has 0 aromatic carbocycles. The van der Waals surface area contributed by atoms with Crippen LogP contribution in [0.5, 0.6) is 0 Å². The largest absolute Gasteiger partial charge is 0.291 e. The van der Waals surface area contributed by atoms with Crippen LogP contribution < -0.4 is 5.32 Å². The zero-order valence-corrected chi connectivity index (χ0v) is 6.47. The Hall–Kier alpha value is -0.0800. The van der Waals surface area contributed by atoms with Crippen LogP contribution in [0.4, 0.5) is 0 Å². The molecule has 58 valence electrons. The Morgan fingerprint density at radius 1 is 1.00 bits per heavy atom. The molecular formula is C8H16N2. The van der Waals surface area contributed by atoms with E-state index in [1.54, 1.807) is 0 Å². The van der Waals surface area contributed by atoms with Gasteiger partial charge in [0.05, 0.1) is 13.3 Å². The molecule has 1 N–H and O–H groups in total. The van der Waals surface area contributed by atoms with E-state index in [2.05, 4.69) is 10.2 Å². The minimum atomic E-state index is 0.926. The van der Waals surface area contributed by atoms with Gasteiger partial charge in [0.15, 0.2) is 0 Å². The molecule has 10 heavy (non-hydrogen) atoms. The van der Waals surface area contributed by atoms with Crippen LogP contribution in [-0.4, -0.2) is 24.3 Å². The van der Waals surface area contributed by atoms with E-state index in [0.717, 1.165) is 19.4 Å². The maximum atomic E-state index is 3.28. The minimum Gasteiger partial charge on any atom is -0.291 e. The van der Waals surface area contributed by atoms with Gasteiger partial charge in [-0.25, -0.2) is 0 Å². The van der Waals surface area contributed by atoms with Crippen LogP contribution in [0.1, 0.15) is 32.1 Å². The summed E-state index contributed by atoms with van der Waals surface area (Å²) >= 11 is 0. The van der Waals surface area contributed by atoms with Crippen LogP contribution in [0, 0.1) is 0 Å². The van der Waals surface area contributed by atoms with E-state index in [-0.39, 0.29) is 0 Å². The van der Waals surface area contributed by atoms with Crippen LogP contribution in [0.25, 0.3) is 0 Å². The van der Waals surface area contributed by atoms with Gasteiger partial charge in [-0.05, 0) is 12.8 Å². The molecule has 0 unspecified atom stereocenters. The lowest BCUT2D eigenvalue weighted by Crippen LogP contribution is -2.56. The summed E-state index contributed by atoms with van der Waals surface area (Å²) in [5, 5.41) is 3.28. The number of nitrogens with zero attached hydrogens (tertiary/aromatic N) is 1. The lowest BCUT2D eigenvalue weighted by atomic mass is 9.94. The van der Waals surface area contributed by atoms with Gasteiger partial charge in [-0.3, -0.25) is 10.2 Å². The van der Waals surface area contributed by atoms with Crippen molar-refractivity contribution >= 4 is 0 Å². The van der Waals surface area contributed by atoms with Crippen molar-refractivity contribution < 1.29 is 0 Å². The Labute approximate surface area is 62.6 Å². The molecule has 0 radical (unpaired) electrons. The van der Waals surface area contributed by atoms with Crippen molar-refractivity contribution in [2.75, 3.05) is 13.3 Å². The van der Waals surface area contributed by atoms with Crippen LogP contribution in [0.3, 0.4) is 0 Å². The topological polar surface area (TPSA) is 15.3 Å². The number of rotatable bonds is 1. The third kappa shape index (κ3) is 1.18. The number of nitrogens with one attached hydrogen (secondary N) is 1. The maximum Gasteiger partial charge on any atom is 0.0505 e. The highest BCUT2D eigenvalue weighted by molar-refractivity contribution is 4.78. The summed E-state index contributed by atoms with van der Waals surface area (Å²) in [6.07, 6.45) is 7.28. The Bertz CT molecular complexity index is 104. The second kappa shape index (κ2) is 2.89. The second-order valence-corrected chi connectivity index (χ2v) is 3.45. The fourth-order valence-corrected chi connectivity index (χ4v) is 1.95. The zero-order chi connectivity index (χ0) is 6.81. The average Bonchev–Trinajstić information content (AvgIpc) is 1.86. The highest BCUT2D eigenvalue weighted by Gasteiger charge is 2.24. The lowest BCUT2D eigenvalue weighted by Gasteiger charge is -2.40. The third-order valence-electron chi connectivity index (χ3n) is 2.72. The van der Waals surface area contributed by atoms with Gasteiger partial charge in [-0.2, -0.15) is 0 Å². The SMILES string of the molecule is C1CCC(N2CNC2)CC1. The monoisotopic (exact) mass is 140 g/mol. The van der Waals surface area contributed by atoms with Crippen molar-refractivity contribution in [1.29, 1.82) is 0 Å². The van der Waals surface area contributed by atoms with Gasteiger partial charge in [-0.1, -0.05) is 19.3 Å². The van der Waals surface area contributed by atoms with E-state index >= 15 is 0 Å². The van der Waals surface area contributed by atoms with E-state index in [4.69, 9.17) is 0 Å². The smallest absolute Gasteiger partial charge is 0.0505 e.